The molecule has 0 atom stereocenters. The molecule has 0 aromatic heterocycles. The number of primary amides is 1. The van der Waals surface area contributed by atoms with Crippen LogP contribution in [0.2, 0.25) is 0 Å². The van der Waals surface area contributed by atoms with E-state index in [0.29, 0.717) is 18.0 Å². The molecule has 2 rings (SSSR count). The van der Waals surface area contributed by atoms with Gasteiger partial charge in [-0.2, -0.15) is 0 Å². The number of rotatable bonds is 6. The first-order valence-electron chi connectivity index (χ1n) is 7.43. The number of morpholine rings is 1. The van der Waals surface area contributed by atoms with Crippen molar-refractivity contribution >= 4 is 17.6 Å². The number of nitrogens with two attached hydrogens (primary N) is 1. The molecule has 0 unspecified atom stereocenters. The summed E-state index contributed by atoms with van der Waals surface area (Å²) in [6, 6.07) is 4.39. The number of carbonyl (C=O) groups excluding carboxylic acids is 2. The van der Waals surface area contributed by atoms with E-state index in [-0.39, 0.29) is 11.6 Å². The minimum absolute atomic E-state index is 0.221. The molecular weight excluding hydrogens is 300 g/mol. The molecule has 1 saturated heterocycles. The van der Waals surface area contributed by atoms with Gasteiger partial charge in [-0.05, 0) is 18.2 Å². The van der Waals surface area contributed by atoms with E-state index >= 15 is 0 Å². The maximum atomic E-state index is 11.9. The van der Waals surface area contributed by atoms with Crippen LogP contribution in [-0.4, -0.2) is 63.3 Å². The summed E-state index contributed by atoms with van der Waals surface area (Å²) in [6.07, 6.45) is 0. The van der Waals surface area contributed by atoms with Crippen LogP contribution < -0.4 is 21.1 Å². The standard InChI is InChI=1S/C15H22N4O4/c1-22-13-3-2-11(10-12(13)14(16)20)18-15(21)17-4-5-19-6-8-23-9-7-19/h2-3,10H,4-9H2,1H3,(H2,16,20)(H2,17,18,21). The number of methoxy groups -OCH3 is 1. The second kappa shape index (κ2) is 8.35. The molecule has 126 valence electrons. The summed E-state index contributed by atoms with van der Waals surface area (Å²) in [5, 5.41) is 5.45. The molecule has 0 spiro atoms. The van der Waals surface area contributed by atoms with E-state index in [2.05, 4.69) is 15.5 Å². The summed E-state index contributed by atoms with van der Waals surface area (Å²) in [4.78, 5) is 25.5. The molecule has 0 aliphatic carbocycles. The summed E-state index contributed by atoms with van der Waals surface area (Å²) in [5.41, 5.74) is 5.99. The van der Waals surface area contributed by atoms with Crippen LogP contribution in [0.1, 0.15) is 10.4 Å². The number of hydrogen-bond donors (Lipinski definition) is 3. The minimum atomic E-state index is -0.613. The second-order valence-corrected chi connectivity index (χ2v) is 5.11. The Hall–Kier alpha value is -2.32. The number of urea groups is 1. The molecule has 0 bridgehead atoms. The molecule has 3 amide bonds. The molecule has 1 heterocycles. The van der Waals surface area contributed by atoms with Crippen molar-refractivity contribution in [3.63, 3.8) is 0 Å². The van der Waals surface area contributed by atoms with E-state index < -0.39 is 5.91 Å². The van der Waals surface area contributed by atoms with Crippen molar-refractivity contribution < 1.29 is 19.1 Å². The molecule has 8 nitrogen and oxygen atoms in total. The fourth-order valence-electron chi connectivity index (χ4n) is 2.31. The first kappa shape index (κ1) is 17.0. The van der Waals surface area contributed by atoms with Gasteiger partial charge in [0.1, 0.15) is 5.75 Å². The Morgan fingerprint density at radius 1 is 1.35 bits per heavy atom. The van der Waals surface area contributed by atoms with Crippen molar-refractivity contribution in [2.75, 3.05) is 51.8 Å². The minimum Gasteiger partial charge on any atom is -0.496 e. The highest BCUT2D eigenvalue weighted by Crippen LogP contribution is 2.22. The fourth-order valence-corrected chi connectivity index (χ4v) is 2.31. The summed E-state index contributed by atoms with van der Waals surface area (Å²) in [6.45, 7) is 4.52. The van der Waals surface area contributed by atoms with Crippen LogP contribution in [-0.2, 0) is 4.74 Å². The zero-order chi connectivity index (χ0) is 16.7. The van der Waals surface area contributed by atoms with Crippen molar-refractivity contribution in [1.82, 2.24) is 10.2 Å². The summed E-state index contributed by atoms with van der Waals surface area (Å²) in [7, 11) is 1.45. The second-order valence-electron chi connectivity index (χ2n) is 5.11. The van der Waals surface area contributed by atoms with Crippen molar-refractivity contribution in [2.24, 2.45) is 5.73 Å². The molecule has 1 aromatic rings. The number of ether oxygens (including phenoxy) is 2. The van der Waals surface area contributed by atoms with E-state index in [1.807, 2.05) is 0 Å². The van der Waals surface area contributed by atoms with Crippen LogP contribution in [0.5, 0.6) is 5.75 Å². The van der Waals surface area contributed by atoms with Crippen LogP contribution in [0, 0.1) is 0 Å². The number of nitrogens with zero attached hydrogens (tertiary/aromatic N) is 1. The van der Waals surface area contributed by atoms with Gasteiger partial charge in [0.25, 0.3) is 5.91 Å². The SMILES string of the molecule is COc1ccc(NC(=O)NCCN2CCOCC2)cc1C(N)=O. The van der Waals surface area contributed by atoms with Crippen LogP contribution in [0.4, 0.5) is 10.5 Å². The van der Waals surface area contributed by atoms with Crippen LogP contribution >= 0.6 is 0 Å². The number of anilines is 1. The van der Waals surface area contributed by atoms with Gasteiger partial charge in [0.15, 0.2) is 0 Å². The zero-order valence-corrected chi connectivity index (χ0v) is 13.1. The average Bonchev–Trinajstić information content (AvgIpc) is 2.55. The fraction of sp³-hybridized carbons (Fsp3) is 0.467. The van der Waals surface area contributed by atoms with E-state index in [1.165, 1.54) is 13.2 Å². The van der Waals surface area contributed by atoms with Crippen molar-refractivity contribution in [3.05, 3.63) is 23.8 Å². The average molecular weight is 322 g/mol. The highest BCUT2D eigenvalue weighted by atomic mass is 16.5. The largest absolute Gasteiger partial charge is 0.496 e. The molecule has 8 heteroatoms. The third kappa shape index (κ3) is 5.11. The quantitative estimate of drug-likeness (QED) is 0.696. The van der Waals surface area contributed by atoms with Crippen molar-refractivity contribution in [3.8, 4) is 5.75 Å². The monoisotopic (exact) mass is 322 g/mol. The number of nitrogens with one attached hydrogen (secondary N) is 2. The molecule has 1 aliphatic heterocycles. The van der Waals surface area contributed by atoms with Gasteiger partial charge in [0.2, 0.25) is 0 Å². The Morgan fingerprint density at radius 2 is 2.09 bits per heavy atom. The molecule has 4 N–H and O–H groups in total. The van der Waals surface area contributed by atoms with Crippen LogP contribution in [0.15, 0.2) is 18.2 Å². The van der Waals surface area contributed by atoms with Gasteiger partial charge < -0.3 is 25.8 Å². The highest BCUT2D eigenvalue weighted by molar-refractivity contribution is 5.98. The van der Waals surface area contributed by atoms with Crippen LogP contribution in [0.3, 0.4) is 0 Å². The Bertz CT molecular complexity index is 558. The smallest absolute Gasteiger partial charge is 0.319 e. The topological polar surface area (TPSA) is 106 Å². The summed E-state index contributed by atoms with van der Waals surface area (Å²) in [5.74, 6) is -0.242. The number of benzene rings is 1. The highest BCUT2D eigenvalue weighted by Gasteiger charge is 2.12. The molecule has 1 aromatic carbocycles. The lowest BCUT2D eigenvalue weighted by Crippen LogP contribution is -2.42. The number of amides is 3. The molecule has 1 fully saturated rings. The lowest BCUT2D eigenvalue weighted by atomic mass is 10.1. The third-order valence-electron chi connectivity index (χ3n) is 3.54. The normalized spacial score (nSPS) is 15.0. The molecule has 1 aliphatic rings. The lowest BCUT2D eigenvalue weighted by Gasteiger charge is -2.26. The summed E-state index contributed by atoms with van der Waals surface area (Å²) < 4.78 is 10.3. The Balaban J connectivity index is 1.82. The number of hydrogen-bond acceptors (Lipinski definition) is 5. The maximum absolute atomic E-state index is 11.9. The van der Waals surface area contributed by atoms with Crippen LogP contribution in [0.25, 0.3) is 0 Å². The van der Waals surface area contributed by atoms with E-state index in [4.69, 9.17) is 15.2 Å². The van der Waals surface area contributed by atoms with E-state index in [1.54, 1.807) is 12.1 Å². The molecule has 0 saturated carbocycles. The van der Waals surface area contributed by atoms with Gasteiger partial charge in [-0.25, -0.2) is 4.79 Å². The zero-order valence-electron chi connectivity index (χ0n) is 13.1. The van der Waals surface area contributed by atoms with Gasteiger partial charge in [-0.3, -0.25) is 9.69 Å². The maximum Gasteiger partial charge on any atom is 0.319 e. The third-order valence-corrected chi connectivity index (χ3v) is 3.54. The van der Waals surface area contributed by atoms with Gasteiger partial charge in [0.05, 0.1) is 25.9 Å². The van der Waals surface area contributed by atoms with Gasteiger partial charge in [-0.1, -0.05) is 0 Å². The van der Waals surface area contributed by atoms with E-state index in [9.17, 15) is 9.59 Å². The molecule has 0 radical (unpaired) electrons. The predicted octanol–water partition coefficient (Wildman–Crippen LogP) is 0.248. The molecule has 23 heavy (non-hydrogen) atoms. The number of carbonyl (C=O) groups is 2. The van der Waals surface area contributed by atoms with E-state index in [0.717, 1.165) is 32.8 Å². The first-order chi connectivity index (χ1) is 11.1. The van der Waals surface area contributed by atoms with Gasteiger partial charge >= 0.3 is 6.03 Å². The van der Waals surface area contributed by atoms with Crippen molar-refractivity contribution in [2.45, 2.75) is 0 Å². The van der Waals surface area contributed by atoms with Gasteiger partial charge in [0, 0.05) is 31.9 Å². The first-order valence-corrected chi connectivity index (χ1v) is 7.43. The Morgan fingerprint density at radius 3 is 2.74 bits per heavy atom. The predicted molar refractivity (Wildman–Crippen MR) is 85.8 cm³/mol. The van der Waals surface area contributed by atoms with Crippen molar-refractivity contribution in [1.29, 1.82) is 0 Å². The summed E-state index contributed by atoms with van der Waals surface area (Å²) >= 11 is 0. The Kier molecular flexibility index (Phi) is 6.19. The lowest BCUT2D eigenvalue weighted by molar-refractivity contribution is 0.0388. The molecular formula is C15H22N4O4. The van der Waals surface area contributed by atoms with Gasteiger partial charge in [-0.15, -0.1) is 0 Å². The Labute approximate surface area is 134 Å².